The van der Waals surface area contributed by atoms with E-state index in [1.807, 2.05) is 6.07 Å². The Hall–Kier alpha value is -2.34. The number of carbonyl (C=O) groups excluding carboxylic acids is 2. The maximum absolute atomic E-state index is 11.0. The first-order chi connectivity index (χ1) is 10.5. The summed E-state index contributed by atoms with van der Waals surface area (Å²) < 4.78 is 11.5. The SMILES string of the molecule is CC(=O)OCc1cc(Oc2ccc(C(N)=O)cc2)ccc1Br. The van der Waals surface area contributed by atoms with Crippen LogP contribution in [-0.4, -0.2) is 11.9 Å². The molecule has 2 aromatic carbocycles. The second kappa shape index (κ2) is 7.09. The topological polar surface area (TPSA) is 78.6 Å². The first-order valence-electron chi connectivity index (χ1n) is 6.45. The Bertz CT molecular complexity index is 698. The molecule has 1 amide bonds. The van der Waals surface area contributed by atoms with Crippen LogP contribution in [0.1, 0.15) is 22.8 Å². The molecule has 5 nitrogen and oxygen atoms in total. The minimum Gasteiger partial charge on any atom is -0.461 e. The minimum atomic E-state index is -0.487. The van der Waals surface area contributed by atoms with Crippen LogP contribution in [0.2, 0.25) is 0 Å². The number of nitrogens with two attached hydrogens (primary N) is 1. The van der Waals surface area contributed by atoms with Gasteiger partial charge in [0.1, 0.15) is 18.1 Å². The molecule has 114 valence electrons. The average Bonchev–Trinajstić information content (AvgIpc) is 2.48. The second-order valence-electron chi connectivity index (χ2n) is 4.52. The molecule has 0 aliphatic rings. The number of halogens is 1. The van der Waals surface area contributed by atoms with Gasteiger partial charge in [0.25, 0.3) is 0 Å². The van der Waals surface area contributed by atoms with Crippen LogP contribution in [0.4, 0.5) is 0 Å². The summed E-state index contributed by atoms with van der Waals surface area (Å²) in [5.74, 6) is 0.335. The zero-order chi connectivity index (χ0) is 16.1. The molecule has 6 heteroatoms. The summed E-state index contributed by atoms with van der Waals surface area (Å²) in [6.07, 6.45) is 0. The van der Waals surface area contributed by atoms with E-state index in [4.69, 9.17) is 15.2 Å². The zero-order valence-corrected chi connectivity index (χ0v) is 13.4. The van der Waals surface area contributed by atoms with Gasteiger partial charge in [-0.05, 0) is 42.5 Å². The van der Waals surface area contributed by atoms with Gasteiger partial charge in [-0.2, -0.15) is 0 Å². The standard InChI is InChI=1S/C16H14BrNO4/c1-10(19)21-9-12-8-14(6-7-15(12)17)22-13-4-2-11(3-5-13)16(18)20/h2-8H,9H2,1H3,(H2,18,20). The maximum Gasteiger partial charge on any atom is 0.302 e. The molecule has 0 fully saturated rings. The molecule has 0 bridgehead atoms. The smallest absolute Gasteiger partial charge is 0.302 e. The van der Waals surface area contributed by atoms with Crippen molar-refractivity contribution in [1.82, 2.24) is 0 Å². The molecule has 0 radical (unpaired) electrons. The van der Waals surface area contributed by atoms with Gasteiger partial charge in [-0.1, -0.05) is 15.9 Å². The van der Waals surface area contributed by atoms with Crippen LogP contribution in [0.3, 0.4) is 0 Å². The summed E-state index contributed by atoms with van der Waals surface area (Å²) in [6, 6.07) is 11.9. The van der Waals surface area contributed by atoms with Crippen LogP contribution in [-0.2, 0) is 16.1 Å². The highest BCUT2D eigenvalue weighted by molar-refractivity contribution is 9.10. The van der Waals surface area contributed by atoms with Crippen LogP contribution in [0, 0.1) is 0 Å². The molecule has 2 aromatic rings. The Morgan fingerprint density at radius 1 is 1.09 bits per heavy atom. The highest BCUT2D eigenvalue weighted by atomic mass is 79.9. The molecule has 2 N–H and O–H groups in total. The monoisotopic (exact) mass is 363 g/mol. The highest BCUT2D eigenvalue weighted by Gasteiger charge is 2.06. The van der Waals surface area contributed by atoms with Gasteiger partial charge >= 0.3 is 5.97 Å². The van der Waals surface area contributed by atoms with E-state index in [9.17, 15) is 9.59 Å². The highest BCUT2D eigenvalue weighted by Crippen LogP contribution is 2.27. The molecular formula is C16H14BrNO4. The molecule has 0 saturated carbocycles. The molecule has 0 heterocycles. The van der Waals surface area contributed by atoms with Crippen LogP contribution in [0.15, 0.2) is 46.9 Å². The summed E-state index contributed by atoms with van der Waals surface area (Å²) in [4.78, 5) is 21.9. The number of hydrogen-bond donors (Lipinski definition) is 1. The first kappa shape index (κ1) is 16.0. The van der Waals surface area contributed by atoms with E-state index in [2.05, 4.69) is 15.9 Å². The fraction of sp³-hybridized carbons (Fsp3) is 0.125. The maximum atomic E-state index is 11.0. The fourth-order valence-corrected chi connectivity index (χ4v) is 2.09. The fourth-order valence-electron chi connectivity index (χ4n) is 1.73. The van der Waals surface area contributed by atoms with E-state index in [1.165, 1.54) is 6.92 Å². The molecule has 0 spiro atoms. The van der Waals surface area contributed by atoms with Gasteiger partial charge in [0.15, 0.2) is 0 Å². The molecule has 0 saturated heterocycles. The lowest BCUT2D eigenvalue weighted by atomic mass is 10.2. The molecule has 0 aliphatic heterocycles. The molecule has 22 heavy (non-hydrogen) atoms. The summed E-state index contributed by atoms with van der Waals surface area (Å²) in [5, 5.41) is 0. The van der Waals surface area contributed by atoms with Crippen molar-refractivity contribution in [2.24, 2.45) is 5.73 Å². The third kappa shape index (κ3) is 4.33. The number of hydrogen-bond acceptors (Lipinski definition) is 4. The van der Waals surface area contributed by atoms with E-state index >= 15 is 0 Å². The van der Waals surface area contributed by atoms with Crippen LogP contribution < -0.4 is 10.5 Å². The van der Waals surface area contributed by atoms with Crippen LogP contribution in [0.25, 0.3) is 0 Å². The summed E-state index contributed by atoms with van der Waals surface area (Å²) in [5.41, 5.74) is 6.39. The zero-order valence-electron chi connectivity index (χ0n) is 11.8. The summed E-state index contributed by atoms with van der Waals surface area (Å²) in [7, 11) is 0. The number of rotatable bonds is 5. The third-order valence-electron chi connectivity index (χ3n) is 2.82. The van der Waals surface area contributed by atoms with Gasteiger partial charge in [0.2, 0.25) is 5.91 Å². The number of esters is 1. The van der Waals surface area contributed by atoms with E-state index in [0.717, 1.165) is 10.0 Å². The Morgan fingerprint density at radius 3 is 2.32 bits per heavy atom. The lowest BCUT2D eigenvalue weighted by Gasteiger charge is -2.10. The lowest BCUT2D eigenvalue weighted by Crippen LogP contribution is -2.10. The van der Waals surface area contributed by atoms with Crippen molar-refractivity contribution >= 4 is 27.8 Å². The Morgan fingerprint density at radius 2 is 1.73 bits per heavy atom. The third-order valence-corrected chi connectivity index (χ3v) is 3.60. The number of benzene rings is 2. The Balaban J connectivity index is 2.13. The Labute approximate surface area is 136 Å². The molecule has 0 aliphatic carbocycles. The first-order valence-corrected chi connectivity index (χ1v) is 7.24. The van der Waals surface area contributed by atoms with Crippen molar-refractivity contribution in [3.05, 3.63) is 58.1 Å². The number of primary amides is 1. The van der Waals surface area contributed by atoms with Crippen LogP contribution >= 0.6 is 15.9 Å². The largest absolute Gasteiger partial charge is 0.461 e. The van der Waals surface area contributed by atoms with Crippen molar-refractivity contribution in [1.29, 1.82) is 0 Å². The van der Waals surface area contributed by atoms with Crippen molar-refractivity contribution in [2.45, 2.75) is 13.5 Å². The number of ether oxygens (including phenoxy) is 2. The van der Waals surface area contributed by atoms with Crippen molar-refractivity contribution in [3.63, 3.8) is 0 Å². The Kier molecular flexibility index (Phi) is 5.16. The van der Waals surface area contributed by atoms with Crippen LogP contribution in [0.5, 0.6) is 11.5 Å². The van der Waals surface area contributed by atoms with E-state index in [1.54, 1.807) is 36.4 Å². The van der Waals surface area contributed by atoms with Crippen molar-refractivity contribution < 1.29 is 19.1 Å². The van der Waals surface area contributed by atoms with Crippen molar-refractivity contribution in [2.75, 3.05) is 0 Å². The predicted octanol–water partition coefficient (Wildman–Crippen LogP) is 3.40. The van der Waals surface area contributed by atoms with Gasteiger partial charge in [-0.25, -0.2) is 0 Å². The molecule has 0 atom stereocenters. The van der Waals surface area contributed by atoms with Gasteiger partial charge < -0.3 is 15.2 Å². The average molecular weight is 364 g/mol. The minimum absolute atomic E-state index is 0.160. The summed E-state index contributed by atoms with van der Waals surface area (Å²) >= 11 is 3.39. The van der Waals surface area contributed by atoms with Gasteiger partial charge in [-0.15, -0.1) is 0 Å². The number of carbonyl (C=O) groups is 2. The van der Waals surface area contributed by atoms with Gasteiger partial charge in [-0.3, -0.25) is 9.59 Å². The lowest BCUT2D eigenvalue weighted by molar-refractivity contribution is -0.142. The number of amides is 1. The normalized spacial score (nSPS) is 10.1. The van der Waals surface area contributed by atoms with Gasteiger partial charge in [0.05, 0.1) is 0 Å². The predicted molar refractivity (Wildman–Crippen MR) is 84.6 cm³/mol. The van der Waals surface area contributed by atoms with Gasteiger partial charge in [0, 0.05) is 22.5 Å². The quantitative estimate of drug-likeness (QED) is 0.825. The molecule has 0 aromatic heterocycles. The van der Waals surface area contributed by atoms with E-state index in [-0.39, 0.29) is 12.6 Å². The second-order valence-corrected chi connectivity index (χ2v) is 5.38. The van der Waals surface area contributed by atoms with Crippen molar-refractivity contribution in [3.8, 4) is 11.5 Å². The molecule has 2 rings (SSSR count). The van der Waals surface area contributed by atoms with E-state index < -0.39 is 5.91 Å². The van der Waals surface area contributed by atoms with E-state index in [0.29, 0.717) is 17.1 Å². The molecular weight excluding hydrogens is 350 g/mol. The molecule has 0 unspecified atom stereocenters. The summed E-state index contributed by atoms with van der Waals surface area (Å²) in [6.45, 7) is 1.52.